The highest BCUT2D eigenvalue weighted by atomic mass is 19.1. The molecule has 1 atom stereocenters. The van der Waals surface area contributed by atoms with Crippen molar-refractivity contribution in [2.75, 3.05) is 25.5 Å². The standard InChI is InChI=1S/C23H23FN6/c1-30-9-3-4-15(14-30)23-28-20(19-12-25-13-21-18(19)7-8-26-21)11-22(29-23)27-17-6-2-5-16(24)10-17/h2,5-8,10-13,15,26H,3-4,9,14H2,1H3,(H,27,28,29). The van der Waals surface area contributed by atoms with Gasteiger partial charge < -0.3 is 15.2 Å². The normalized spacial score (nSPS) is 17.3. The van der Waals surface area contributed by atoms with E-state index < -0.39 is 0 Å². The number of anilines is 2. The highest BCUT2D eigenvalue weighted by Crippen LogP contribution is 2.31. The fraction of sp³-hybridized carbons (Fsp3) is 0.261. The van der Waals surface area contributed by atoms with E-state index in [1.54, 1.807) is 6.07 Å². The number of rotatable bonds is 4. The molecule has 152 valence electrons. The predicted molar refractivity (Wildman–Crippen MR) is 116 cm³/mol. The van der Waals surface area contributed by atoms with Gasteiger partial charge in [-0.25, -0.2) is 14.4 Å². The number of benzene rings is 1. The molecule has 0 spiro atoms. The molecule has 0 aliphatic carbocycles. The highest BCUT2D eigenvalue weighted by molar-refractivity contribution is 5.93. The first-order valence-electron chi connectivity index (χ1n) is 10.2. The van der Waals surface area contributed by atoms with E-state index in [0.717, 1.165) is 53.9 Å². The second kappa shape index (κ2) is 7.84. The summed E-state index contributed by atoms with van der Waals surface area (Å²) in [5.41, 5.74) is 3.38. The molecule has 1 aliphatic heterocycles. The van der Waals surface area contributed by atoms with E-state index in [1.807, 2.05) is 36.8 Å². The van der Waals surface area contributed by atoms with Crippen LogP contribution in [-0.4, -0.2) is 45.0 Å². The summed E-state index contributed by atoms with van der Waals surface area (Å²) >= 11 is 0. The van der Waals surface area contributed by atoms with Crippen LogP contribution in [0.4, 0.5) is 15.9 Å². The first-order chi connectivity index (χ1) is 14.7. The summed E-state index contributed by atoms with van der Waals surface area (Å²) in [5, 5.41) is 4.32. The maximum Gasteiger partial charge on any atom is 0.135 e. The van der Waals surface area contributed by atoms with Gasteiger partial charge in [0.15, 0.2) is 0 Å². The van der Waals surface area contributed by atoms with Gasteiger partial charge in [0, 0.05) is 47.6 Å². The lowest BCUT2D eigenvalue weighted by atomic mass is 9.97. The SMILES string of the molecule is CN1CCCC(c2nc(Nc3cccc(F)c3)cc(-c3cncc4[nH]ccc34)n2)C1. The zero-order valence-corrected chi connectivity index (χ0v) is 16.8. The van der Waals surface area contributed by atoms with Gasteiger partial charge in [-0.1, -0.05) is 6.07 Å². The van der Waals surface area contributed by atoms with E-state index in [0.29, 0.717) is 11.5 Å². The molecule has 5 rings (SSSR count). The van der Waals surface area contributed by atoms with E-state index in [9.17, 15) is 4.39 Å². The molecule has 1 aromatic carbocycles. The zero-order chi connectivity index (χ0) is 20.5. The Morgan fingerprint density at radius 3 is 2.97 bits per heavy atom. The number of halogens is 1. The van der Waals surface area contributed by atoms with Gasteiger partial charge in [-0.15, -0.1) is 0 Å². The first-order valence-corrected chi connectivity index (χ1v) is 10.2. The average Bonchev–Trinajstić information content (AvgIpc) is 3.22. The van der Waals surface area contributed by atoms with Crippen molar-refractivity contribution >= 4 is 22.4 Å². The quantitative estimate of drug-likeness (QED) is 0.517. The third-order valence-electron chi connectivity index (χ3n) is 5.58. The van der Waals surface area contributed by atoms with Crippen LogP contribution in [0.3, 0.4) is 0 Å². The summed E-state index contributed by atoms with van der Waals surface area (Å²) in [5.74, 6) is 1.44. The summed E-state index contributed by atoms with van der Waals surface area (Å²) in [6, 6.07) is 10.3. The number of likely N-dealkylation sites (N-methyl/N-ethyl adjacent to an activating group) is 1. The molecular weight excluding hydrogens is 379 g/mol. The van der Waals surface area contributed by atoms with Gasteiger partial charge in [0.05, 0.1) is 17.4 Å². The molecular formula is C23H23FN6. The number of aromatic nitrogens is 4. The predicted octanol–water partition coefficient (Wildman–Crippen LogP) is 4.71. The summed E-state index contributed by atoms with van der Waals surface area (Å²) < 4.78 is 13.7. The molecule has 0 radical (unpaired) electrons. The van der Waals surface area contributed by atoms with Gasteiger partial charge >= 0.3 is 0 Å². The van der Waals surface area contributed by atoms with E-state index in [2.05, 4.69) is 27.2 Å². The number of likely N-dealkylation sites (tertiary alicyclic amines) is 1. The van der Waals surface area contributed by atoms with Crippen LogP contribution in [0.2, 0.25) is 0 Å². The summed E-state index contributed by atoms with van der Waals surface area (Å²) in [7, 11) is 2.13. The number of nitrogens with one attached hydrogen (secondary N) is 2. The molecule has 1 fully saturated rings. The minimum Gasteiger partial charge on any atom is -0.360 e. The van der Waals surface area contributed by atoms with Crippen molar-refractivity contribution in [2.24, 2.45) is 0 Å². The lowest BCUT2D eigenvalue weighted by Crippen LogP contribution is -2.31. The van der Waals surface area contributed by atoms with Crippen molar-refractivity contribution in [2.45, 2.75) is 18.8 Å². The Morgan fingerprint density at radius 2 is 2.10 bits per heavy atom. The number of fused-ring (bicyclic) bond motifs is 1. The van der Waals surface area contributed by atoms with E-state index in [-0.39, 0.29) is 11.7 Å². The zero-order valence-electron chi connectivity index (χ0n) is 16.8. The Kier molecular flexibility index (Phi) is 4.88. The van der Waals surface area contributed by atoms with Gasteiger partial charge in [-0.3, -0.25) is 4.98 Å². The van der Waals surface area contributed by atoms with Crippen LogP contribution in [0.15, 0.2) is 55.0 Å². The second-order valence-electron chi connectivity index (χ2n) is 7.86. The van der Waals surface area contributed by atoms with Gasteiger partial charge in [-0.05, 0) is 50.7 Å². The molecule has 0 amide bonds. The van der Waals surface area contributed by atoms with Crippen molar-refractivity contribution in [3.8, 4) is 11.3 Å². The third kappa shape index (κ3) is 3.76. The van der Waals surface area contributed by atoms with Gasteiger partial charge in [0.25, 0.3) is 0 Å². The van der Waals surface area contributed by atoms with Gasteiger partial charge in [0.2, 0.25) is 0 Å². The topological polar surface area (TPSA) is 69.7 Å². The Bertz CT molecular complexity index is 1190. The lowest BCUT2D eigenvalue weighted by molar-refractivity contribution is 0.246. The van der Waals surface area contributed by atoms with Crippen LogP contribution in [0, 0.1) is 5.82 Å². The molecule has 4 heterocycles. The molecule has 3 aromatic heterocycles. The molecule has 1 unspecified atom stereocenters. The molecule has 0 saturated carbocycles. The van der Waals surface area contributed by atoms with Crippen LogP contribution in [0.25, 0.3) is 22.2 Å². The fourth-order valence-corrected chi connectivity index (χ4v) is 4.13. The van der Waals surface area contributed by atoms with E-state index in [4.69, 9.17) is 9.97 Å². The average molecular weight is 402 g/mol. The van der Waals surface area contributed by atoms with Gasteiger partial charge in [0.1, 0.15) is 17.5 Å². The maximum atomic E-state index is 13.7. The van der Waals surface area contributed by atoms with Crippen molar-refractivity contribution in [1.29, 1.82) is 0 Å². The number of aromatic amines is 1. The lowest BCUT2D eigenvalue weighted by Gasteiger charge is -2.29. The van der Waals surface area contributed by atoms with Crippen LogP contribution in [0.1, 0.15) is 24.6 Å². The molecule has 7 heteroatoms. The Hall–Kier alpha value is -3.32. The maximum absolute atomic E-state index is 13.7. The number of piperidine rings is 1. The summed E-state index contributed by atoms with van der Waals surface area (Å²) in [6.07, 6.45) is 7.72. The van der Waals surface area contributed by atoms with Crippen LogP contribution < -0.4 is 5.32 Å². The molecule has 0 bridgehead atoms. The number of pyridine rings is 1. The van der Waals surface area contributed by atoms with E-state index in [1.165, 1.54) is 12.1 Å². The van der Waals surface area contributed by atoms with Gasteiger partial charge in [-0.2, -0.15) is 0 Å². The van der Waals surface area contributed by atoms with Crippen molar-refractivity contribution < 1.29 is 4.39 Å². The fourth-order valence-electron chi connectivity index (χ4n) is 4.13. The monoisotopic (exact) mass is 402 g/mol. The van der Waals surface area contributed by atoms with Crippen molar-refractivity contribution in [1.82, 2.24) is 24.8 Å². The highest BCUT2D eigenvalue weighted by Gasteiger charge is 2.23. The molecule has 30 heavy (non-hydrogen) atoms. The minimum atomic E-state index is -0.287. The number of H-pyrrole nitrogens is 1. The molecule has 4 aromatic rings. The molecule has 1 aliphatic rings. The largest absolute Gasteiger partial charge is 0.360 e. The smallest absolute Gasteiger partial charge is 0.135 e. The third-order valence-corrected chi connectivity index (χ3v) is 5.58. The molecule has 1 saturated heterocycles. The first kappa shape index (κ1) is 18.7. The number of hydrogen-bond donors (Lipinski definition) is 2. The number of nitrogens with zero attached hydrogens (tertiary/aromatic N) is 4. The number of hydrogen-bond acceptors (Lipinski definition) is 5. The second-order valence-corrected chi connectivity index (χ2v) is 7.86. The van der Waals surface area contributed by atoms with Crippen LogP contribution >= 0.6 is 0 Å². The van der Waals surface area contributed by atoms with Crippen molar-refractivity contribution in [3.63, 3.8) is 0 Å². The van der Waals surface area contributed by atoms with Crippen LogP contribution in [0.5, 0.6) is 0 Å². The molecule has 2 N–H and O–H groups in total. The Balaban J connectivity index is 1.60. The summed E-state index contributed by atoms with van der Waals surface area (Å²) in [4.78, 5) is 19.6. The molecule has 6 nitrogen and oxygen atoms in total. The van der Waals surface area contributed by atoms with E-state index >= 15 is 0 Å². The van der Waals surface area contributed by atoms with Crippen LogP contribution in [-0.2, 0) is 0 Å². The Morgan fingerprint density at radius 1 is 1.17 bits per heavy atom. The minimum absolute atomic E-state index is 0.259. The van der Waals surface area contributed by atoms with Crippen molar-refractivity contribution in [3.05, 3.63) is 66.6 Å². The Labute approximate surface area is 174 Å². The summed E-state index contributed by atoms with van der Waals surface area (Å²) in [6.45, 7) is 2.02.